The number of nitrogens with one attached hydrogen (secondary N) is 1. The number of urea groups is 1. The first-order valence-electron chi connectivity index (χ1n) is 12.2. The molecule has 2 aliphatic heterocycles. The number of thiazole rings is 1. The second kappa shape index (κ2) is 9.46. The quantitative estimate of drug-likeness (QED) is 0.410. The molecule has 0 spiro atoms. The summed E-state index contributed by atoms with van der Waals surface area (Å²) >= 11 is 1.74. The number of nitrogens with zero attached hydrogens (tertiary/aromatic N) is 4. The second-order valence-corrected chi connectivity index (χ2v) is 10.4. The molecule has 0 radical (unpaired) electrons. The molecule has 0 aliphatic carbocycles. The van der Waals surface area contributed by atoms with Crippen LogP contribution in [0.3, 0.4) is 0 Å². The van der Waals surface area contributed by atoms with Gasteiger partial charge < -0.3 is 5.32 Å². The van der Waals surface area contributed by atoms with Crippen molar-refractivity contribution in [3.05, 3.63) is 101 Å². The summed E-state index contributed by atoms with van der Waals surface area (Å²) in [4.78, 5) is 37.8. The Labute approximate surface area is 214 Å². The lowest BCUT2D eigenvalue weighted by Gasteiger charge is -2.35. The summed E-state index contributed by atoms with van der Waals surface area (Å²) in [6.45, 7) is 4.39. The average Bonchev–Trinajstić information content (AvgIpc) is 3.44. The van der Waals surface area contributed by atoms with E-state index in [2.05, 4.69) is 27.2 Å². The third kappa shape index (κ3) is 4.07. The van der Waals surface area contributed by atoms with Gasteiger partial charge in [-0.25, -0.2) is 14.7 Å². The van der Waals surface area contributed by atoms with Gasteiger partial charge in [0.1, 0.15) is 5.01 Å². The van der Waals surface area contributed by atoms with Gasteiger partial charge in [-0.2, -0.15) is 0 Å². The van der Waals surface area contributed by atoms with Crippen molar-refractivity contribution in [3.63, 3.8) is 0 Å². The molecule has 0 atom stereocenters. The fourth-order valence-electron chi connectivity index (χ4n) is 5.11. The standard InChI is InChI=1S/C28H27N5O2S/c34-26-28(21-9-3-1-4-10-21,22-11-5-2-6-12-22)30-27(35)33(26)20-32-17-15-31(16-18-32)19-25-29-23-13-7-8-14-24(23)36-25/h1-14H,15-20H2,(H,30,35). The van der Waals surface area contributed by atoms with Crippen molar-refractivity contribution in [1.82, 2.24) is 25.0 Å². The van der Waals surface area contributed by atoms with E-state index in [4.69, 9.17) is 4.98 Å². The van der Waals surface area contributed by atoms with E-state index >= 15 is 0 Å². The smallest absolute Gasteiger partial charge is 0.315 e. The van der Waals surface area contributed by atoms with Crippen LogP contribution in [0.4, 0.5) is 4.79 Å². The normalized spacial score (nSPS) is 18.6. The first-order valence-corrected chi connectivity index (χ1v) is 13.0. The number of benzene rings is 3. The van der Waals surface area contributed by atoms with E-state index in [0.29, 0.717) is 0 Å². The van der Waals surface area contributed by atoms with Crippen LogP contribution in [-0.2, 0) is 16.9 Å². The Morgan fingerprint density at radius 1 is 0.778 bits per heavy atom. The highest BCUT2D eigenvalue weighted by Crippen LogP contribution is 2.36. The lowest BCUT2D eigenvalue weighted by Crippen LogP contribution is -2.51. The summed E-state index contributed by atoms with van der Waals surface area (Å²) in [5, 5.41) is 4.16. The Hall–Kier alpha value is -3.59. The number of imide groups is 1. The van der Waals surface area contributed by atoms with Crippen molar-refractivity contribution in [3.8, 4) is 0 Å². The molecule has 0 unspecified atom stereocenters. The fourth-order valence-corrected chi connectivity index (χ4v) is 6.12. The van der Waals surface area contributed by atoms with E-state index in [1.54, 1.807) is 11.3 Å². The van der Waals surface area contributed by atoms with Gasteiger partial charge in [-0.3, -0.25) is 14.6 Å². The summed E-state index contributed by atoms with van der Waals surface area (Å²) < 4.78 is 1.21. The van der Waals surface area contributed by atoms with Crippen LogP contribution in [0.15, 0.2) is 84.9 Å². The third-order valence-corrected chi connectivity index (χ3v) is 8.04. The van der Waals surface area contributed by atoms with Crippen molar-refractivity contribution in [2.75, 3.05) is 32.8 Å². The Kier molecular flexibility index (Phi) is 6.00. The van der Waals surface area contributed by atoms with Crippen molar-refractivity contribution in [2.24, 2.45) is 0 Å². The van der Waals surface area contributed by atoms with Gasteiger partial charge in [0.15, 0.2) is 5.54 Å². The summed E-state index contributed by atoms with van der Waals surface area (Å²) in [6.07, 6.45) is 0. The fraction of sp³-hybridized carbons (Fsp3) is 0.250. The maximum atomic E-state index is 13.9. The number of carbonyl (C=O) groups excluding carboxylic acids is 2. The van der Waals surface area contributed by atoms with Gasteiger partial charge in [-0.1, -0.05) is 72.8 Å². The second-order valence-electron chi connectivity index (χ2n) is 9.26. The molecule has 2 aliphatic rings. The molecule has 0 bridgehead atoms. The number of amides is 3. The van der Waals surface area contributed by atoms with E-state index < -0.39 is 5.54 Å². The van der Waals surface area contributed by atoms with Gasteiger partial charge in [0.25, 0.3) is 5.91 Å². The molecule has 4 aromatic rings. The van der Waals surface area contributed by atoms with Crippen LogP contribution in [0.1, 0.15) is 16.1 Å². The Balaban J connectivity index is 1.15. The highest BCUT2D eigenvalue weighted by molar-refractivity contribution is 7.18. The number of fused-ring (bicyclic) bond motifs is 1. The number of hydrogen-bond donors (Lipinski definition) is 1. The van der Waals surface area contributed by atoms with Crippen LogP contribution in [0.2, 0.25) is 0 Å². The lowest BCUT2D eigenvalue weighted by molar-refractivity contribution is -0.132. The molecule has 1 aromatic heterocycles. The summed E-state index contributed by atoms with van der Waals surface area (Å²) in [5.74, 6) is -0.234. The van der Waals surface area contributed by atoms with Gasteiger partial charge in [0.05, 0.1) is 23.4 Å². The van der Waals surface area contributed by atoms with Gasteiger partial charge in [0, 0.05) is 26.2 Å². The molecular weight excluding hydrogens is 470 g/mol. The van der Waals surface area contributed by atoms with Gasteiger partial charge >= 0.3 is 6.03 Å². The Morgan fingerprint density at radius 3 is 2.00 bits per heavy atom. The van der Waals surface area contributed by atoms with Crippen molar-refractivity contribution in [2.45, 2.75) is 12.1 Å². The summed E-state index contributed by atoms with van der Waals surface area (Å²) in [5.41, 5.74) is 1.36. The molecule has 36 heavy (non-hydrogen) atoms. The molecule has 2 fully saturated rings. The first kappa shape index (κ1) is 22.8. The molecule has 182 valence electrons. The maximum Gasteiger partial charge on any atom is 0.326 e. The van der Waals surface area contributed by atoms with Crippen LogP contribution < -0.4 is 5.32 Å². The predicted octanol–water partition coefficient (Wildman–Crippen LogP) is 3.87. The molecule has 3 heterocycles. The van der Waals surface area contributed by atoms with Crippen LogP contribution in [0.5, 0.6) is 0 Å². The highest BCUT2D eigenvalue weighted by atomic mass is 32.1. The number of para-hydroxylation sites is 1. The average molecular weight is 498 g/mol. The Morgan fingerprint density at radius 2 is 1.36 bits per heavy atom. The zero-order chi connectivity index (χ0) is 24.5. The molecule has 3 aromatic carbocycles. The van der Waals surface area contributed by atoms with Crippen LogP contribution in [0, 0.1) is 0 Å². The SMILES string of the molecule is O=C1NC(c2ccccc2)(c2ccccc2)C(=O)N1CN1CCN(Cc2nc3ccccc3s2)CC1. The molecule has 2 saturated heterocycles. The summed E-state index contributed by atoms with van der Waals surface area (Å²) in [6, 6.07) is 26.9. The molecule has 6 rings (SSSR count). The Bertz CT molecular complexity index is 1310. The number of aromatic nitrogens is 1. The van der Waals surface area contributed by atoms with Gasteiger partial charge in [-0.05, 0) is 23.3 Å². The zero-order valence-corrected chi connectivity index (χ0v) is 20.7. The molecule has 7 nitrogen and oxygen atoms in total. The van der Waals surface area contributed by atoms with E-state index in [1.807, 2.05) is 72.8 Å². The van der Waals surface area contributed by atoms with Crippen molar-refractivity contribution >= 4 is 33.5 Å². The molecular formula is C28H27N5O2S. The summed E-state index contributed by atoms with van der Waals surface area (Å²) in [7, 11) is 0. The van der Waals surface area contributed by atoms with Crippen LogP contribution in [0.25, 0.3) is 10.2 Å². The molecule has 1 N–H and O–H groups in total. The number of hydrogen-bond acceptors (Lipinski definition) is 6. The zero-order valence-electron chi connectivity index (χ0n) is 19.8. The molecule has 8 heteroatoms. The van der Waals surface area contributed by atoms with Crippen molar-refractivity contribution < 1.29 is 9.59 Å². The number of rotatable bonds is 6. The minimum atomic E-state index is -1.21. The first-order chi connectivity index (χ1) is 17.6. The number of carbonyl (C=O) groups is 2. The minimum absolute atomic E-state index is 0.234. The van der Waals surface area contributed by atoms with E-state index in [0.717, 1.165) is 54.4 Å². The minimum Gasteiger partial charge on any atom is -0.315 e. The van der Waals surface area contributed by atoms with E-state index in [-0.39, 0.29) is 18.6 Å². The van der Waals surface area contributed by atoms with Gasteiger partial charge in [0.2, 0.25) is 0 Å². The maximum absolute atomic E-state index is 13.9. The van der Waals surface area contributed by atoms with Crippen LogP contribution in [-0.4, -0.2) is 64.5 Å². The van der Waals surface area contributed by atoms with E-state index in [9.17, 15) is 9.59 Å². The largest absolute Gasteiger partial charge is 0.326 e. The van der Waals surface area contributed by atoms with E-state index in [1.165, 1.54) is 9.60 Å². The number of piperazine rings is 1. The monoisotopic (exact) mass is 497 g/mol. The topological polar surface area (TPSA) is 68.8 Å². The molecule has 0 saturated carbocycles. The predicted molar refractivity (Wildman–Crippen MR) is 140 cm³/mol. The molecule has 3 amide bonds. The lowest BCUT2D eigenvalue weighted by atomic mass is 9.83. The third-order valence-electron chi connectivity index (χ3n) is 7.02. The van der Waals surface area contributed by atoms with Crippen molar-refractivity contribution in [1.29, 1.82) is 0 Å². The van der Waals surface area contributed by atoms with Gasteiger partial charge in [-0.15, -0.1) is 11.3 Å². The highest BCUT2D eigenvalue weighted by Gasteiger charge is 2.53. The van der Waals surface area contributed by atoms with Crippen LogP contribution >= 0.6 is 11.3 Å².